The van der Waals surface area contributed by atoms with Gasteiger partial charge >= 0.3 is 6.18 Å². The summed E-state index contributed by atoms with van der Waals surface area (Å²) in [5.41, 5.74) is 16.7. The van der Waals surface area contributed by atoms with Crippen molar-refractivity contribution in [2.75, 3.05) is 11.9 Å². The number of alkyl halides is 3. The van der Waals surface area contributed by atoms with Crippen LogP contribution in [0.2, 0.25) is 0 Å². The fraction of sp³-hybridized carbons (Fsp3) is 0.207. The highest BCUT2D eigenvalue weighted by molar-refractivity contribution is 7.19. The van der Waals surface area contributed by atoms with Crippen LogP contribution in [-0.4, -0.2) is 17.6 Å². The Kier molecular flexibility index (Phi) is 8.17. The third-order valence-electron chi connectivity index (χ3n) is 5.84. The second kappa shape index (κ2) is 11.5. The van der Waals surface area contributed by atoms with Crippen LogP contribution in [0.25, 0.3) is 27.8 Å². The van der Waals surface area contributed by atoms with Gasteiger partial charge in [0.15, 0.2) is 5.13 Å². The van der Waals surface area contributed by atoms with Crippen LogP contribution < -0.4 is 16.8 Å². The van der Waals surface area contributed by atoms with Crippen LogP contribution >= 0.6 is 11.3 Å². The van der Waals surface area contributed by atoms with Crippen molar-refractivity contribution in [1.29, 1.82) is 0 Å². The van der Waals surface area contributed by atoms with Crippen LogP contribution in [-0.2, 0) is 19.0 Å². The SMILES string of the molecule is CCc1c#cc(-c2sc(NC[C@@H](N)Cc3ccc(C(F)(F)F)cc3)nc2-c2ccccc2)cc1/C=C\N. The molecule has 0 amide bonds. The van der Waals surface area contributed by atoms with E-state index in [-0.39, 0.29) is 6.04 Å². The molecule has 0 unspecified atom stereocenters. The molecule has 1 atom stereocenters. The molecule has 0 saturated carbocycles. The second-order valence-electron chi connectivity index (χ2n) is 8.56. The molecule has 8 heteroatoms. The fourth-order valence-corrected chi connectivity index (χ4v) is 4.92. The van der Waals surface area contributed by atoms with E-state index in [1.807, 2.05) is 42.5 Å². The first-order chi connectivity index (χ1) is 17.8. The van der Waals surface area contributed by atoms with Gasteiger partial charge < -0.3 is 16.8 Å². The quantitative estimate of drug-likeness (QED) is 0.233. The van der Waals surface area contributed by atoms with Crippen LogP contribution in [0.5, 0.6) is 0 Å². The van der Waals surface area contributed by atoms with E-state index in [2.05, 4.69) is 24.4 Å². The molecule has 4 rings (SSSR count). The number of nitrogens with one attached hydrogen (secondary N) is 1. The Labute approximate surface area is 218 Å². The predicted octanol–water partition coefficient (Wildman–Crippen LogP) is 6.57. The van der Waals surface area contributed by atoms with Gasteiger partial charge in [-0.3, -0.25) is 0 Å². The minimum Gasteiger partial charge on any atom is -0.405 e. The van der Waals surface area contributed by atoms with Gasteiger partial charge in [0.1, 0.15) is 0 Å². The van der Waals surface area contributed by atoms with Gasteiger partial charge in [0.2, 0.25) is 0 Å². The van der Waals surface area contributed by atoms with Crippen molar-refractivity contribution in [3.63, 3.8) is 0 Å². The number of halogens is 3. The van der Waals surface area contributed by atoms with E-state index in [1.54, 1.807) is 0 Å². The number of hydrogen-bond donors (Lipinski definition) is 3. The third-order valence-corrected chi connectivity index (χ3v) is 6.89. The number of rotatable bonds is 9. The van der Waals surface area contributed by atoms with Crippen LogP contribution in [0.4, 0.5) is 18.3 Å². The monoisotopic (exact) mass is 520 g/mol. The highest BCUT2D eigenvalue weighted by Crippen LogP contribution is 2.39. The van der Waals surface area contributed by atoms with Crippen molar-refractivity contribution in [3.05, 3.63) is 101 Å². The zero-order chi connectivity index (χ0) is 26.4. The highest BCUT2D eigenvalue weighted by atomic mass is 32.1. The maximum atomic E-state index is 12.8. The Balaban J connectivity index is 1.55. The third kappa shape index (κ3) is 6.50. The molecule has 0 bridgehead atoms. The van der Waals surface area contributed by atoms with E-state index < -0.39 is 11.7 Å². The van der Waals surface area contributed by atoms with Gasteiger partial charge in [-0.15, -0.1) is 0 Å². The van der Waals surface area contributed by atoms with Gasteiger partial charge in [0, 0.05) is 29.3 Å². The molecule has 190 valence electrons. The van der Waals surface area contributed by atoms with Crippen molar-refractivity contribution < 1.29 is 13.2 Å². The summed E-state index contributed by atoms with van der Waals surface area (Å²) in [5, 5.41) is 4.00. The summed E-state index contributed by atoms with van der Waals surface area (Å²) in [4.78, 5) is 5.78. The van der Waals surface area contributed by atoms with Gasteiger partial charge in [0.25, 0.3) is 0 Å². The van der Waals surface area contributed by atoms with E-state index in [9.17, 15) is 13.2 Å². The molecule has 3 aromatic carbocycles. The maximum Gasteiger partial charge on any atom is 0.416 e. The van der Waals surface area contributed by atoms with Crippen molar-refractivity contribution in [2.45, 2.75) is 32.0 Å². The van der Waals surface area contributed by atoms with Gasteiger partial charge in [0.05, 0.1) is 16.1 Å². The number of nitrogens with zero attached hydrogens (tertiary/aromatic N) is 1. The van der Waals surface area contributed by atoms with Crippen molar-refractivity contribution in [1.82, 2.24) is 4.98 Å². The normalized spacial score (nSPS) is 12.5. The second-order valence-corrected chi connectivity index (χ2v) is 9.56. The molecule has 0 aliphatic heterocycles. The molecular formula is C29H27F3N4S. The molecule has 0 saturated heterocycles. The molecule has 0 aliphatic rings. The predicted molar refractivity (Wildman–Crippen MR) is 145 cm³/mol. The minimum absolute atomic E-state index is 0.311. The minimum atomic E-state index is -4.35. The Bertz CT molecular complexity index is 1350. The van der Waals surface area contributed by atoms with Gasteiger partial charge in [-0.05, 0) is 54.4 Å². The van der Waals surface area contributed by atoms with Crippen LogP contribution in [0.3, 0.4) is 0 Å². The molecule has 0 aliphatic carbocycles. The summed E-state index contributed by atoms with van der Waals surface area (Å²) in [5.74, 6) is 0. The van der Waals surface area contributed by atoms with Gasteiger partial charge in [-0.1, -0.05) is 72.9 Å². The molecule has 5 N–H and O–H groups in total. The Hall–Kier alpha value is -3.80. The summed E-state index contributed by atoms with van der Waals surface area (Å²) in [6.45, 7) is 2.47. The average Bonchev–Trinajstić information content (AvgIpc) is 3.32. The standard InChI is InChI=1S/C29H27F3N4S/c1-2-20-10-11-23(17-22(20)14-15-33)27-26(21-6-4-3-5-7-21)36-28(37-27)35-18-25(34)16-19-8-12-24(13-9-19)29(30,31)32/h3-9,12-15,17,25H,2,16,18,33-34H2,1H3,(H,35,36)/b15-14-/t25-/m0/s1. The first kappa shape index (κ1) is 26.3. The molecule has 4 nitrogen and oxygen atoms in total. The Morgan fingerprint density at radius 3 is 2.46 bits per heavy atom. The first-order valence-electron chi connectivity index (χ1n) is 11.9. The molecular weight excluding hydrogens is 493 g/mol. The van der Waals surface area contributed by atoms with Gasteiger partial charge in [-0.25, -0.2) is 4.98 Å². The van der Waals surface area contributed by atoms with Crippen LogP contribution in [0.15, 0.2) is 66.9 Å². The summed E-state index contributed by atoms with van der Waals surface area (Å²) in [7, 11) is 0. The molecule has 0 radical (unpaired) electrons. The first-order valence-corrected chi connectivity index (χ1v) is 12.7. The Morgan fingerprint density at radius 2 is 1.81 bits per heavy atom. The lowest BCUT2D eigenvalue weighted by atomic mass is 10.0. The highest BCUT2D eigenvalue weighted by Gasteiger charge is 2.30. The lowest BCUT2D eigenvalue weighted by Crippen LogP contribution is -2.31. The number of anilines is 1. The zero-order valence-corrected chi connectivity index (χ0v) is 21.1. The average molecular weight is 521 g/mol. The lowest BCUT2D eigenvalue weighted by molar-refractivity contribution is -0.137. The zero-order valence-electron chi connectivity index (χ0n) is 20.3. The summed E-state index contributed by atoms with van der Waals surface area (Å²) < 4.78 is 38.4. The summed E-state index contributed by atoms with van der Waals surface area (Å²) in [6.07, 6.45) is 0.269. The molecule has 4 aromatic rings. The number of hydrogen-bond acceptors (Lipinski definition) is 5. The van der Waals surface area contributed by atoms with E-state index in [1.165, 1.54) is 29.7 Å². The molecule has 37 heavy (non-hydrogen) atoms. The molecule has 0 spiro atoms. The lowest BCUT2D eigenvalue weighted by Gasteiger charge is -2.13. The van der Waals surface area contributed by atoms with Crippen molar-refractivity contribution >= 4 is 22.5 Å². The molecule has 1 heterocycles. The largest absolute Gasteiger partial charge is 0.416 e. The van der Waals surface area contributed by atoms with E-state index in [0.29, 0.717) is 18.1 Å². The molecule has 1 aromatic heterocycles. The summed E-state index contributed by atoms with van der Waals surface area (Å²) in [6, 6.07) is 23.3. The topological polar surface area (TPSA) is 77.0 Å². The summed E-state index contributed by atoms with van der Waals surface area (Å²) >= 11 is 1.49. The fourth-order valence-electron chi connectivity index (χ4n) is 3.95. The Morgan fingerprint density at radius 1 is 1.08 bits per heavy atom. The number of aromatic nitrogens is 1. The maximum absolute atomic E-state index is 12.8. The van der Waals surface area contributed by atoms with E-state index in [0.717, 1.165) is 56.9 Å². The van der Waals surface area contributed by atoms with Crippen molar-refractivity contribution in [2.24, 2.45) is 11.5 Å². The number of thiazole rings is 1. The van der Waals surface area contributed by atoms with Crippen molar-refractivity contribution in [3.8, 4) is 21.7 Å². The van der Waals surface area contributed by atoms with Crippen LogP contribution in [0, 0.1) is 12.1 Å². The van der Waals surface area contributed by atoms with Gasteiger partial charge in [-0.2, -0.15) is 13.2 Å². The van der Waals surface area contributed by atoms with E-state index in [4.69, 9.17) is 16.5 Å². The number of nitrogens with two attached hydrogens (primary N) is 2. The number of benzene rings is 2. The van der Waals surface area contributed by atoms with Crippen LogP contribution in [0.1, 0.15) is 29.2 Å². The molecule has 0 fully saturated rings. The van der Waals surface area contributed by atoms with E-state index >= 15 is 0 Å². The smallest absolute Gasteiger partial charge is 0.405 e.